The monoisotopic (exact) mass is 697 g/mol. The molecule has 2 saturated heterocycles. The number of halogens is 3. The second-order valence-electron chi connectivity index (χ2n) is 12.4. The van der Waals surface area contributed by atoms with Crippen LogP contribution in [-0.2, 0) is 30.3 Å². The van der Waals surface area contributed by atoms with E-state index in [1.165, 1.54) is 35.7 Å². The Kier molecular flexibility index (Phi) is 11.0. The van der Waals surface area contributed by atoms with Gasteiger partial charge in [-0.2, -0.15) is 4.31 Å². The van der Waals surface area contributed by atoms with Crippen molar-refractivity contribution in [1.29, 1.82) is 0 Å². The quantitative estimate of drug-likeness (QED) is 0.299. The zero-order chi connectivity index (χ0) is 33.9. The van der Waals surface area contributed by atoms with Crippen LogP contribution in [0.5, 0.6) is 0 Å². The summed E-state index contributed by atoms with van der Waals surface area (Å²) in [4.78, 5) is 32.4. The molecule has 5 rings (SSSR count). The molecular formula is C31H42ClF2N7O5S. The predicted octanol–water partition coefficient (Wildman–Crippen LogP) is 2.30. The van der Waals surface area contributed by atoms with E-state index in [2.05, 4.69) is 10.3 Å². The molecule has 0 radical (unpaired) electrons. The first-order valence-corrected chi connectivity index (χ1v) is 17.6. The molecule has 2 amide bonds. The van der Waals surface area contributed by atoms with Crippen molar-refractivity contribution in [2.45, 2.75) is 55.1 Å². The topological polar surface area (TPSA) is 164 Å². The maximum Gasteiger partial charge on any atom is 0.276 e. The van der Waals surface area contributed by atoms with Crippen molar-refractivity contribution < 1.29 is 31.5 Å². The van der Waals surface area contributed by atoms with E-state index < -0.39 is 21.9 Å². The highest BCUT2D eigenvalue weighted by Crippen LogP contribution is 2.46. The Morgan fingerprint density at radius 1 is 1.13 bits per heavy atom. The number of benzene rings is 1. The third-order valence-corrected chi connectivity index (χ3v) is 11.5. The number of carbonyl (C=O) groups is 2. The minimum Gasteiger partial charge on any atom is -0.378 e. The summed E-state index contributed by atoms with van der Waals surface area (Å²) in [5.74, 6) is -4.56. The molecule has 1 aromatic heterocycles. The van der Waals surface area contributed by atoms with Gasteiger partial charge in [-0.15, -0.1) is 0 Å². The van der Waals surface area contributed by atoms with Crippen LogP contribution in [0.2, 0.25) is 5.15 Å². The number of carbonyl (C=O) groups excluding carboxylic acids is 2. The van der Waals surface area contributed by atoms with Gasteiger partial charge < -0.3 is 31.3 Å². The zero-order valence-electron chi connectivity index (χ0n) is 26.3. The highest BCUT2D eigenvalue weighted by Gasteiger charge is 2.44. The van der Waals surface area contributed by atoms with Crippen LogP contribution in [0.4, 0.5) is 20.3 Å². The molecule has 2 aliphatic heterocycles. The number of sulfonamides is 1. The molecule has 3 aliphatic rings. The molecule has 3 fully saturated rings. The predicted molar refractivity (Wildman–Crippen MR) is 174 cm³/mol. The number of hydrogen-bond acceptors (Lipinski definition) is 9. The first-order valence-electron chi connectivity index (χ1n) is 15.8. The molecule has 2 aromatic rings. The number of hydrogen-bond donors (Lipinski definition) is 3. The number of methoxy groups -OCH3 is 1. The molecule has 1 aromatic carbocycles. The second-order valence-corrected chi connectivity index (χ2v) is 14.7. The molecule has 3 heterocycles. The number of nitrogens with two attached hydrogens (primary N) is 2. The van der Waals surface area contributed by atoms with Crippen LogP contribution in [0.25, 0.3) is 0 Å². The summed E-state index contributed by atoms with van der Waals surface area (Å²) in [5, 5.41) is 2.73. The molecule has 1 aliphatic carbocycles. The number of nitrogens with zero attached hydrogens (tertiary/aromatic N) is 4. The van der Waals surface area contributed by atoms with Gasteiger partial charge in [0.2, 0.25) is 21.8 Å². The molecule has 5 N–H and O–H groups in total. The largest absolute Gasteiger partial charge is 0.378 e. The van der Waals surface area contributed by atoms with E-state index in [1.54, 1.807) is 21.9 Å². The highest BCUT2D eigenvalue weighted by atomic mass is 35.5. The molecule has 0 spiro atoms. The Bertz CT molecular complexity index is 1530. The fourth-order valence-electron chi connectivity index (χ4n) is 6.50. The fraction of sp³-hybridized carbons (Fsp3) is 0.581. The average molecular weight is 698 g/mol. The number of piperazine rings is 1. The number of nitrogens with one attached hydrogen (secondary N) is 1. The maximum atomic E-state index is 15.9. The van der Waals surface area contributed by atoms with Crippen molar-refractivity contribution in [1.82, 2.24) is 14.6 Å². The summed E-state index contributed by atoms with van der Waals surface area (Å²) >= 11 is 6.24. The van der Waals surface area contributed by atoms with E-state index in [0.29, 0.717) is 25.1 Å². The van der Waals surface area contributed by atoms with Crippen LogP contribution >= 0.6 is 11.6 Å². The molecular weight excluding hydrogens is 656 g/mol. The molecule has 2 atom stereocenters. The van der Waals surface area contributed by atoms with Gasteiger partial charge in [0.25, 0.3) is 5.92 Å². The van der Waals surface area contributed by atoms with Gasteiger partial charge in [0, 0.05) is 88.5 Å². The number of ether oxygens (including phenoxy) is 1. The number of pyridine rings is 1. The number of alkyl halides is 2. The smallest absolute Gasteiger partial charge is 0.276 e. The Morgan fingerprint density at radius 2 is 1.79 bits per heavy atom. The zero-order valence-corrected chi connectivity index (χ0v) is 27.9. The van der Waals surface area contributed by atoms with Crippen molar-refractivity contribution >= 4 is 44.9 Å². The Morgan fingerprint density at radius 3 is 2.36 bits per heavy atom. The molecule has 16 heteroatoms. The average Bonchev–Trinajstić information content (AvgIpc) is 3.42. The third kappa shape index (κ3) is 7.86. The van der Waals surface area contributed by atoms with Crippen LogP contribution in [0.15, 0.2) is 41.3 Å². The summed E-state index contributed by atoms with van der Waals surface area (Å²) in [7, 11) is -2.32. The molecule has 12 nitrogen and oxygen atoms in total. The lowest BCUT2D eigenvalue weighted by atomic mass is 9.77. The summed E-state index contributed by atoms with van der Waals surface area (Å²) < 4.78 is 65.0. The minimum atomic E-state index is -3.84. The molecule has 258 valence electrons. The first kappa shape index (κ1) is 35.4. The lowest BCUT2D eigenvalue weighted by Gasteiger charge is -2.36. The highest BCUT2D eigenvalue weighted by molar-refractivity contribution is 7.89. The normalized spacial score (nSPS) is 23.6. The van der Waals surface area contributed by atoms with E-state index in [0.717, 1.165) is 0 Å². The summed E-state index contributed by atoms with van der Waals surface area (Å²) in [6.07, 6.45) is 0.959. The second kappa shape index (κ2) is 14.7. The Balaban J connectivity index is 1.19. The van der Waals surface area contributed by atoms with Crippen LogP contribution in [0.3, 0.4) is 0 Å². The first-order chi connectivity index (χ1) is 22.3. The standard InChI is InChI=1S/C31H42ClF2N7O5S/c1-46-25(17-35)18-37-30(43)20-2-4-21(5-3-20)31(33,34)22-14-27(32)38-28(15-22)39-10-12-40(13-11-39)47(44,45)26-8-6-24(7-9-26)41-19-23(36)16-29(41)42/h6-9,14-15,20-21,23,25H,2-5,10-13,16-19,35-36H2,1H3,(H,37,43)/t20-,21-,23-,25?/m1/s1. The van der Waals surface area contributed by atoms with Gasteiger partial charge in [-0.25, -0.2) is 22.2 Å². The van der Waals surface area contributed by atoms with E-state index in [1.807, 2.05) is 0 Å². The van der Waals surface area contributed by atoms with Gasteiger partial charge in [-0.1, -0.05) is 11.6 Å². The molecule has 0 bridgehead atoms. The lowest BCUT2D eigenvalue weighted by Crippen LogP contribution is -2.49. The number of aromatic nitrogens is 1. The van der Waals surface area contributed by atoms with Crippen molar-refractivity contribution in [2.75, 3.05) is 62.7 Å². The van der Waals surface area contributed by atoms with Gasteiger partial charge in [0.15, 0.2) is 0 Å². The fourth-order valence-corrected chi connectivity index (χ4v) is 8.13. The van der Waals surface area contributed by atoms with Crippen LogP contribution in [0.1, 0.15) is 37.7 Å². The van der Waals surface area contributed by atoms with Gasteiger partial charge in [0.1, 0.15) is 11.0 Å². The summed E-state index contributed by atoms with van der Waals surface area (Å²) in [6, 6.07) is 8.39. The van der Waals surface area contributed by atoms with E-state index in [9.17, 15) is 18.0 Å². The molecule has 47 heavy (non-hydrogen) atoms. The van der Waals surface area contributed by atoms with E-state index in [-0.39, 0.29) is 110 Å². The van der Waals surface area contributed by atoms with Crippen molar-refractivity contribution in [3.8, 4) is 0 Å². The summed E-state index contributed by atoms with van der Waals surface area (Å²) in [6.45, 7) is 1.59. The van der Waals surface area contributed by atoms with Crippen molar-refractivity contribution in [2.24, 2.45) is 23.3 Å². The lowest BCUT2D eigenvalue weighted by molar-refractivity contribution is -0.129. The number of amides is 2. The van der Waals surface area contributed by atoms with Crippen LogP contribution in [0, 0.1) is 11.8 Å². The van der Waals surface area contributed by atoms with Crippen molar-refractivity contribution in [3.05, 3.63) is 47.1 Å². The van der Waals surface area contributed by atoms with Gasteiger partial charge >= 0.3 is 0 Å². The third-order valence-electron chi connectivity index (χ3n) is 9.38. The van der Waals surface area contributed by atoms with Gasteiger partial charge in [-0.05, 0) is 62.1 Å². The Hall–Kier alpha value is -2.95. The van der Waals surface area contributed by atoms with Crippen LogP contribution in [-0.4, -0.2) is 94.6 Å². The number of rotatable bonds is 11. The SMILES string of the molecule is COC(CN)CNC(=O)[C@H]1CC[C@H](C(F)(F)c2cc(Cl)nc(N3CCN(S(=O)(=O)c4ccc(N5C[C@H](N)CC5=O)cc4)CC3)c2)CC1. The molecule has 1 saturated carbocycles. The van der Waals surface area contributed by atoms with Crippen molar-refractivity contribution in [3.63, 3.8) is 0 Å². The maximum absolute atomic E-state index is 15.9. The van der Waals surface area contributed by atoms with E-state index >= 15 is 8.78 Å². The number of anilines is 2. The summed E-state index contributed by atoms with van der Waals surface area (Å²) in [5.41, 5.74) is 11.8. The van der Waals surface area contributed by atoms with Gasteiger partial charge in [0.05, 0.1) is 11.0 Å². The van der Waals surface area contributed by atoms with Crippen LogP contribution < -0.4 is 26.6 Å². The minimum absolute atomic E-state index is 0.0783. The van der Waals surface area contributed by atoms with E-state index in [4.69, 9.17) is 27.8 Å². The Labute approximate surface area is 278 Å². The molecule has 1 unspecified atom stereocenters. The van der Waals surface area contributed by atoms with Gasteiger partial charge in [-0.3, -0.25) is 9.59 Å².